The summed E-state index contributed by atoms with van der Waals surface area (Å²) in [6.07, 6.45) is 1.04. The van der Waals surface area contributed by atoms with Gasteiger partial charge in [0, 0.05) is 35.9 Å². The van der Waals surface area contributed by atoms with Crippen molar-refractivity contribution in [2.75, 3.05) is 20.2 Å². The highest BCUT2D eigenvalue weighted by Gasteiger charge is 2.53. The van der Waals surface area contributed by atoms with Crippen LogP contribution in [0.4, 0.5) is 0 Å². The fraction of sp³-hybridized carbons (Fsp3) is 0.375. The fourth-order valence-corrected chi connectivity index (χ4v) is 6.42. The van der Waals surface area contributed by atoms with E-state index in [9.17, 15) is 15.2 Å². The van der Waals surface area contributed by atoms with Crippen LogP contribution in [0.25, 0.3) is 0 Å². The first-order valence-electron chi connectivity index (χ1n) is 13.3. The molecule has 5 rings (SSSR count). The largest absolute Gasteiger partial charge is 0.496 e. The van der Waals surface area contributed by atoms with Gasteiger partial charge in [0.15, 0.2) is 0 Å². The number of para-hydroxylation sites is 2. The van der Waals surface area contributed by atoms with Gasteiger partial charge in [-0.05, 0) is 43.0 Å². The third kappa shape index (κ3) is 5.05. The topological polar surface area (TPSA) is 91.6 Å². The van der Waals surface area contributed by atoms with Gasteiger partial charge in [0.1, 0.15) is 23.9 Å². The summed E-state index contributed by atoms with van der Waals surface area (Å²) in [7, 11) is 1.60. The summed E-state index contributed by atoms with van der Waals surface area (Å²) in [4.78, 5) is 14.2. The molecule has 2 aliphatic rings. The number of ketones is 1. The molecule has 5 atom stereocenters. The SMILES string of the molecule is COc1ccccc1[C@]1(O)C[C@@H](C(=O)C(CC#N)c2ccccc2OCc2ccccc2)C[C@H]2CNC[C@H]21. The molecule has 1 saturated heterocycles. The number of carbonyl (C=O) groups is 1. The summed E-state index contributed by atoms with van der Waals surface area (Å²) in [5.74, 6) is 0.333. The molecule has 0 bridgehead atoms. The van der Waals surface area contributed by atoms with Crippen LogP contribution in [-0.2, 0) is 17.0 Å². The number of nitrogens with zero attached hydrogens (tertiary/aromatic N) is 1. The van der Waals surface area contributed by atoms with Crippen LogP contribution < -0.4 is 14.8 Å². The Hall–Kier alpha value is -3.66. The molecule has 1 heterocycles. The lowest BCUT2D eigenvalue weighted by molar-refractivity contribution is -0.136. The standard InChI is InChI=1S/C32H34N2O4/c1-37-30-14-8-6-12-27(30)32(36)18-23(17-24-19-34-20-28(24)32)31(35)26(15-16-33)25-11-5-7-13-29(25)38-21-22-9-3-2-4-10-22/h2-14,23-24,26,28,34,36H,15,17-21H2,1H3/t23-,24-,26?,28+,32+/m0/s1. The smallest absolute Gasteiger partial charge is 0.144 e. The number of hydrogen-bond acceptors (Lipinski definition) is 6. The van der Waals surface area contributed by atoms with Gasteiger partial charge in [-0.2, -0.15) is 5.26 Å². The van der Waals surface area contributed by atoms with Gasteiger partial charge in [-0.1, -0.05) is 66.7 Å². The average molecular weight is 511 g/mol. The highest BCUT2D eigenvalue weighted by Crippen LogP contribution is 2.52. The second kappa shape index (κ2) is 11.4. The number of ether oxygens (including phenoxy) is 2. The first kappa shape index (κ1) is 26.0. The van der Waals surface area contributed by atoms with Crippen molar-refractivity contribution in [3.63, 3.8) is 0 Å². The summed E-state index contributed by atoms with van der Waals surface area (Å²) in [5.41, 5.74) is 1.27. The van der Waals surface area contributed by atoms with Crippen molar-refractivity contribution < 1.29 is 19.4 Å². The molecule has 6 heteroatoms. The van der Waals surface area contributed by atoms with E-state index in [-0.39, 0.29) is 24.0 Å². The van der Waals surface area contributed by atoms with Crippen LogP contribution in [0, 0.1) is 29.1 Å². The number of hydrogen-bond donors (Lipinski definition) is 2. The maximum Gasteiger partial charge on any atom is 0.144 e. The average Bonchev–Trinajstić information content (AvgIpc) is 3.45. The molecular formula is C32H34N2O4. The molecule has 2 N–H and O–H groups in total. The number of nitrogens with one attached hydrogen (secondary N) is 1. The minimum Gasteiger partial charge on any atom is -0.496 e. The van der Waals surface area contributed by atoms with Crippen molar-refractivity contribution in [1.29, 1.82) is 5.26 Å². The molecule has 1 saturated carbocycles. The van der Waals surface area contributed by atoms with Crippen LogP contribution in [0.5, 0.6) is 11.5 Å². The molecule has 0 spiro atoms. The molecule has 196 valence electrons. The van der Waals surface area contributed by atoms with E-state index in [0.29, 0.717) is 37.5 Å². The Bertz CT molecular complexity index is 1300. The monoisotopic (exact) mass is 510 g/mol. The third-order valence-electron chi connectivity index (χ3n) is 8.24. The van der Waals surface area contributed by atoms with E-state index < -0.39 is 17.4 Å². The molecule has 1 unspecified atom stereocenters. The zero-order chi connectivity index (χ0) is 26.5. The van der Waals surface area contributed by atoms with Gasteiger partial charge >= 0.3 is 0 Å². The minimum absolute atomic E-state index is 0.0130. The van der Waals surface area contributed by atoms with Crippen molar-refractivity contribution in [2.24, 2.45) is 17.8 Å². The lowest BCUT2D eigenvalue weighted by Gasteiger charge is -2.45. The second-order valence-corrected chi connectivity index (χ2v) is 10.4. The van der Waals surface area contributed by atoms with Crippen LogP contribution in [0.15, 0.2) is 78.9 Å². The Labute approximate surface area is 224 Å². The van der Waals surface area contributed by atoms with E-state index in [1.807, 2.05) is 78.9 Å². The number of rotatable bonds is 9. The molecule has 3 aromatic carbocycles. The number of methoxy groups -OCH3 is 1. The van der Waals surface area contributed by atoms with Crippen molar-refractivity contribution in [3.05, 3.63) is 95.6 Å². The van der Waals surface area contributed by atoms with Crippen LogP contribution in [0.3, 0.4) is 0 Å². The number of benzene rings is 3. The van der Waals surface area contributed by atoms with E-state index in [1.165, 1.54) is 0 Å². The maximum atomic E-state index is 14.2. The molecular weight excluding hydrogens is 476 g/mol. The molecule has 0 amide bonds. The van der Waals surface area contributed by atoms with Crippen LogP contribution >= 0.6 is 0 Å². The highest BCUT2D eigenvalue weighted by atomic mass is 16.5. The van der Waals surface area contributed by atoms with Crippen molar-refractivity contribution in [2.45, 2.75) is 37.4 Å². The van der Waals surface area contributed by atoms with Crippen molar-refractivity contribution in [3.8, 4) is 17.6 Å². The Kier molecular flexibility index (Phi) is 7.78. The van der Waals surface area contributed by atoms with Gasteiger partial charge in [-0.25, -0.2) is 0 Å². The fourth-order valence-electron chi connectivity index (χ4n) is 6.42. The predicted molar refractivity (Wildman–Crippen MR) is 145 cm³/mol. The molecule has 0 radical (unpaired) electrons. The Morgan fingerprint density at radius 2 is 1.76 bits per heavy atom. The Morgan fingerprint density at radius 3 is 2.53 bits per heavy atom. The molecule has 1 aliphatic carbocycles. The van der Waals surface area contributed by atoms with Gasteiger partial charge in [0.2, 0.25) is 0 Å². The van der Waals surface area contributed by atoms with E-state index in [2.05, 4.69) is 11.4 Å². The van der Waals surface area contributed by atoms with Gasteiger partial charge in [-0.3, -0.25) is 4.79 Å². The maximum absolute atomic E-state index is 14.2. The lowest BCUT2D eigenvalue weighted by Crippen LogP contribution is -2.48. The van der Waals surface area contributed by atoms with Crippen LogP contribution in [0.1, 0.15) is 41.9 Å². The molecule has 38 heavy (non-hydrogen) atoms. The third-order valence-corrected chi connectivity index (χ3v) is 8.24. The second-order valence-electron chi connectivity index (χ2n) is 10.4. The van der Waals surface area contributed by atoms with E-state index >= 15 is 0 Å². The first-order chi connectivity index (χ1) is 18.5. The van der Waals surface area contributed by atoms with Gasteiger partial charge in [0.05, 0.1) is 24.7 Å². The molecule has 1 aliphatic heterocycles. The van der Waals surface area contributed by atoms with E-state index in [0.717, 1.165) is 23.2 Å². The quantitative estimate of drug-likeness (QED) is 0.422. The van der Waals surface area contributed by atoms with Gasteiger partial charge in [-0.15, -0.1) is 0 Å². The number of carbonyl (C=O) groups excluding carboxylic acids is 1. The molecule has 6 nitrogen and oxygen atoms in total. The molecule has 0 aromatic heterocycles. The summed E-state index contributed by atoms with van der Waals surface area (Å²) in [6.45, 7) is 1.82. The van der Waals surface area contributed by atoms with Crippen LogP contribution in [0.2, 0.25) is 0 Å². The predicted octanol–water partition coefficient (Wildman–Crippen LogP) is 4.97. The zero-order valence-corrected chi connectivity index (χ0v) is 21.7. The number of nitriles is 1. The first-order valence-corrected chi connectivity index (χ1v) is 13.3. The highest BCUT2D eigenvalue weighted by molar-refractivity contribution is 5.89. The lowest BCUT2D eigenvalue weighted by atomic mass is 9.61. The summed E-state index contributed by atoms with van der Waals surface area (Å²) < 4.78 is 11.8. The number of Topliss-reactive ketones (excluding diaryl/α,β-unsaturated/α-hetero) is 1. The van der Waals surface area contributed by atoms with E-state index in [1.54, 1.807) is 7.11 Å². The van der Waals surface area contributed by atoms with Gasteiger partial charge < -0.3 is 19.9 Å². The van der Waals surface area contributed by atoms with E-state index in [4.69, 9.17) is 9.47 Å². The summed E-state index contributed by atoms with van der Waals surface area (Å²) in [5, 5.41) is 25.4. The summed E-state index contributed by atoms with van der Waals surface area (Å²) >= 11 is 0. The van der Waals surface area contributed by atoms with Crippen LogP contribution in [-0.4, -0.2) is 31.1 Å². The number of aliphatic hydroxyl groups is 1. The Morgan fingerprint density at radius 1 is 1.05 bits per heavy atom. The van der Waals surface area contributed by atoms with Gasteiger partial charge in [0.25, 0.3) is 0 Å². The minimum atomic E-state index is -1.21. The number of fused-ring (bicyclic) bond motifs is 1. The summed E-state index contributed by atoms with van der Waals surface area (Å²) in [6, 6.07) is 27.2. The molecule has 3 aromatic rings. The normalized spacial score (nSPS) is 25.1. The molecule has 2 fully saturated rings. The van der Waals surface area contributed by atoms with Crippen molar-refractivity contribution >= 4 is 5.78 Å². The Balaban J connectivity index is 1.45. The van der Waals surface area contributed by atoms with Crippen molar-refractivity contribution in [1.82, 2.24) is 5.32 Å². The zero-order valence-electron chi connectivity index (χ0n) is 21.7.